The van der Waals surface area contributed by atoms with Crippen molar-refractivity contribution in [2.24, 2.45) is 0 Å². The molecular weight excluding hydrogens is 170 g/mol. The molecule has 0 saturated carbocycles. The summed E-state index contributed by atoms with van der Waals surface area (Å²) in [4.78, 5) is 2.10. The van der Waals surface area contributed by atoms with Gasteiger partial charge in [-0.05, 0) is 19.8 Å². The molecule has 0 aromatic carbocycles. The molecule has 0 spiro atoms. The van der Waals surface area contributed by atoms with Gasteiger partial charge >= 0.3 is 0 Å². The molecule has 4 heteroatoms. The van der Waals surface area contributed by atoms with Crippen molar-refractivity contribution >= 4 is 0 Å². The highest BCUT2D eigenvalue weighted by molar-refractivity contribution is 4.99. The maximum absolute atomic E-state index is 9.63. The van der Waals surface area contributed by atoms with Crippen LogP contribution in [0.15, 0.2) is 0 Å². The van der Waals surface area contributed by atoms with Crippen LogP contribution in [0.25, 0.3) is 0 Å². The van der Waals surface area contributed by atoms with Crippen LogP contribution in [0.5, 0.6) is 0 Å². The third-order valence-electron chi connectivity index (χ3n) is 3.31. The highest BCUT2D eigenvalue weighted by Crippen LogP contribution is 2.31. The second-order valence-corrected chi connectivity index (χ2v) is 4.30. The largest absolute Gasteiger partial charge is 0.393 e. The second kappa shape index (κ2) is 3.20. The second-order valence-electron chi connectivity index (χ2n) is 4.30. The number of aliphatic hydroxyl groups excluding tert-OH is 3. The van der Waals surface area contributed by atoms with Crippen molar-refractivity contribution in [3.63, 3.8) is 0 Å². The van der Waals surface area contributed by atoms with Gasteiger partial charge in [0.15, 0.2) is 0 Å². The Labute approximate surface area is 77.8 Å². The van der Waals surface area contributed by atoms with Gasteiger partial charge in [0.2, 0.25) is 0 Å². The van der Waals surface area contributed by atoms with Gasteiger partial charge in [-0.25, -0.2) is 0 Å². The lowest BCUT2D eigenvalue weighted by atomic mass is 9.93. The van der Waals surface area contributed by atoms with E-state index in [2.05, 4.69) is 4.90 Å². The lowest BCUT2D eigenvalue weighted by Crippen LogP contribution is -2.48. The van der Waals surface area contributed by atoms with Crippen LogP contribution < -0.4 is 0 Å². The van der Waals surface area contributed by atoms with Gasteiger partial charge in [-0.3, -0.25) is 4.90 Å². The molecule has 0 unspecified atom stereocenters. The molecule has 5 atom stereocenters. The van der Waals surface area contributed by atoms with Gasteiger partial charge in [0, 0.05) is 18.6 Å². The number of hydrogen-bond acceptors (Lipinski definition) is 4. The van der Waals surface area contributed by atoms with E-state index in [0.29, 0.717) is 13.0 Å². The quantitative estimate of drug-likeness (QED) is 0.452. The Morgan fingerprint density at radius 2 is 1.85 bits per heavy atom. The van der Waals surface area contributed by atoms with Gasteiger partial charge in [0.1, 0.15) is 0 Å². The van der Waals surface area contributed by atoms with Crippen molar-refractivity contribution in [1.82, 2.24) is 4.90 Å². The van der Waals surface area contributed by atoms with Crippen molar-refractivity contribution in [2.75, 3.05) is 6.54 Å². The molecule has 2 saturated heterocycles. The molecule has 76 valence electrons. The number of fused-ring (bicyclic) bond motifs is 1. The minimum atomic E-state index is -0.683. The Hall–Kier alpha value is -0.160. The molecule has 0 amide bonds. The zero-order valence-electron chi connectivity index (χ0n) is 7.80. The molecule has 3 N–H and O–H groups in total. The zero-order valence-corrected chi connectivity index (χ0v) is 7.80. The van der Waals surface area contributed by atoms with Crippen molar-refractivity contribution in [2.45, 2.75) is 50.2 Å². The van der Waals surface area contributed by atoms with E-state index >= 15 is 0 Å². The van der Waals surface area contributed by atoms with Gasteiger partial charge in [-0.1, -0.05) is 0 Å². The Kier molecular flexibility index (Phi) is 2.32. The van der Waals surface area contributed by atoms with Crippen LogP contribution in [0, 0.1) is 0 Å². The van der Waals surface area contributed by atoms with Gasteiger partial charge < -0.3 is 15.3 Å². The molecule has 2 fully saturated rings. The minimum absolute atomic E-state index is 0.0475. The average Bonchev–Trinajstić information content (AvgIpc) is 2.32. The van der Waals surface area contributed by atoms with E-state index < -0.39 is 12.2 Å². The monoisotopic (exact) mass is 187 g/mol. The maximum atomic E-state index is 9.63. The van der Waals surface area contributed by atoms with Crippen LogP contribution >= 0.6 is 0 Å². The van der Waals surface area contributed by atoms with E-state index in [4.69, 9.17) is 0 Å². The lowest BCUT2D eigenvalue weighted by molar-refractivity contribution is -0.0129. The molecule has 0 aromatic rings. The van der Waals surface area contributed by atoms with Gasteiger partial charge in [0.25, 0.3) is 0 Å². The Bertz CT molecular complexity index is 199. The first-order valence-electron chi connectivity index (χ1n) is 4.89. The Morgan fingerprint density at radius 1 is 1.15 bits per heavy atom. The summed E-state index contributed by atoms with van der Waals surface area (Å²) in [6.45, 7) is 2.57. The number of piperidine rings is 1. The molecule has 4 nitrogen and oxygen atoms in total. The fraction of sp³-hybridized carbons (Fsp3) is 1.00. The van der Waals surface area contributed by atoms with Crippen LogP contribution in [0.2, 0.25) is 0 Å². The van der Waals surface area contributed by atoms with E-state index in [1.165, 1.54) is 0 Å². The number of rotatable bonds is 0. The fourth-order valence-electron chi connectivity index (χ4n) is 2.60. The summed E-state index contributed by atoms with van der Waals surface area (Å²) >= 11 is 0. The van der Waals surface area contributed by atoms with Crippen molar-refractivity contribution < 1.29 is 15.3 Å². The number of aliphatic hydroxyl groups is 3. The number of nitrogens with zero attached hydrogens (tertiary/aromatic N) is 1. The first kappa shape index (κ1) is 9.40. The van der Waals surface area contributed by atoms with E-state index in [9.17, 15) is 15.3 Å². The van der Waals surface area contributed by atoms with Gasteiger partial charge in [-0.15, -0.1) is 0 Å². The van der Waals surface area contributed by atoms with Crippen molar-refractivity contribution in [3.8, 4) is 0 Å². The minimum Gasteiger partial charge on any atom is -0.393 e. The summed E-state index contributed by atoms with van der Waals surface area (Å²) in [7, 11) is 0. The highest BCUT2D eigenvalue weighted by Gasteiger charge is 2.45. The van der Waals surface area contributed by atoms with Gasteiger partial charge in [-0.2, -0.15) is 0 Å². The molecule has 13 heavy (non-hydrogen) atoms. The summed E-state index contributed by atoms with van der Waals surface area (Å²) in [5.41, 5.74) is 0. The number of hydrogen-bond donors (Lipinski definition) is 3. The Morgan fingerprint density at radius 3 is 2.54 bits per heavy atom. The molecule has 0 aliphatic carbocycles. The standard InChI is InChI=1S/C9H17NO3/c1-5-2-6(11)3-7-9(13)8(12)4-10(5)7/h5-9,11-13H,2-4H2,1H3/t5-,6+,7-,8-,9-/m1/s1. The predicted molar refractivity (Wildman–Crippen MR) is 47.2 cm³/mol. The Balaban J connectivity index is 2.12. The third-order valence-corrected chi connectivity index (χ3v) is 3.31. The molecule has 0 bridgehead atoms. The molecule has 2 heterocycles. The molecule has 0 radical (unpaired) electrons. The fourth-order valence-corrected chi connectivity index (χ4v) is 2.60. The molecule has 0 aromatic heterocycles. The topological polar surface area (TPSA) is 63.9 Å². The van der Waals surface area contributed by atoms with E-state index in [1.807, 2.05) is 6.92 Å². The normalized spacial score (nSPS) is 52.2. The van der Waals surface area contributed by atoms with Crippen molar-refractivity contribution in [1.29, 1.82) is 0 Å². The molecule has 2 rings (SSSR count). The van der Waals surface area contributed by atoms with Crippen LogP contribution in [0.1, 0.15) is 19.8 Å². The maximum Gasteiger partial charge on any atom is 0.0967 e. The predicted octanol–water partition coefficient (Wildman–Crippen LogP) is -1.06. The first-order valence-corrected chi connectivity index (χ1v) is 4.89. The molecule has 2 aliphatic rings. The summed E-state index contributed by atoms with van der Waals surface area (Å²) < 4.78 is 0. The van der Waals surface area contributed by atoms with Crippen molar-refractivity contribution in [3.05, 3.63) is 0 Å². The summed E-state index contributed by atoms with van der Waals surface area (Å²) in [5, 5.41) is 28.6. The van der Waals surface area contributed by atoms with E-state index in [-0.39, 0.29) is 18.2 Å². The first-order chi connectivity index (χ1) is 6.09. The SMILES string of the molecule is C[C@@H]1C[C@H](O)C[C@@H]2[C@@H](O)[C@H](O)CN12. The molecular formula is C9H17NO3. The molecule has 2 aliphatic heterocycles. The zero-order chi connectivity index (χ0) is 9.59. The van der Waals surface area contributed by atoms with Crippen LogP contribution in [-0.4, -0.2) is 57.2 Å². The van der Waals surface area contributed by atoms with Gasteiger partial charge in [0.05, 0.1) is 18.3 Å². The van der Waals surface area contributed by atoms with E-state index in [1.54, 1.807) is 0 Å². The smallest absolute Gasteiger partial charge is 0.0967 e. The average molecular weight is 187 g/mol. The van der Waals surface area contributed by atoms with Crippen LogP contribution in [-0.2, 0) is 0 Å². The highest BCUT2D eigenvalue weighted by atomic mass is 16.3. The third kappa shape index (κ3) is 1.48. The summed E-state index contributed by atoms with van der Waals surface area (Å²) in [6.07, 6.45) is -0.315. The van der Waals surface area contributed by atoms with Crippen LogP contribution in [0.4, 0.5) is 0 Å². The van der Waals surface area contributed by atoms with Crippen LogP contribution in [0.3, 0.4) is 0 Å². The summed E-state index contributed by atoms with van der Waals surface area (Å²) in [6, 6.07) is 0.217. The van der Waals surface area contributed by atoms with E-state index in [0.717, 1.165) is 6.42 Å². The summed E-state index contributed by atoms with van der Waals surface area (Å²) in [5.74, 6) is 0. The lowest BCUT2D eigenvalue weighted by Gasteiger charge is -2.38.